The van der Waals surface area contributed by atoms with E-state index in [1.54, 1.807) is 6.92 Å². The first-order chi connectivity index (χ1) is 16.2. The molecule has 2 aliphatic rings. The number of aliphatic carboxylic acids is 1. The fraction of sp³-hybridized carbons (Fsp3) is 0.708. The van der Waals surface area contributed by atoms with Gasteiger partial charge in [0.15, 0.2) is 6.10 Å². The summed E-state index contributed by atoms with van der Waals surface area (Å²) in [5.41, 5.74) is 8.09. The van der Waals surface area contributed by atoms with Gasteiger partial charge in [-0.3, -0.25) is 10.1 Å². The Hall–Kier alpha value is -2.43. The van der Waals surface area contributed by atoms with Gasteiger partial charge in [0.2, 0.25) is 0 Å². The summed E-state index contributed by atoms with van der Waals surface area (Å²) in [7, 11) is 0. The number of nitrogens with zero attached hydrogens (tertiary/aromatic N) is 3. The van der Waals surface area contributed by atoms with Crippen LogP contribution in [-0.4, -0.2) is 74.6 Å². The van der Waals surface area contributed by atoms with Crippen LogP contribution < -0.4 is 10.9 Å². The summed E-state index contributed by atoms with van der Waals surface area (Å²) in [6.45, 7) is 10.1. The Kier molecular flexibility index (Phi) is 9.10. The second-order valence-electron chi connectivity index (χ2n) is 9.84. The zero-order valence-electron chi connectivity index (χ0n) is 20.8. The molecule has 1 saturated heterocycles. The van der Waals surface area contributed by atoms with Gasteiger partial charge in [-0.2, -0.15) is 5.10 Å². The van der Waals surface area contributed by atoms with E-state index in [-0.39, 0.29) is 17.7 Å². The summed E-state index contributed by atoms with van der Waals surface area (Å²) < 4.78 is 6.28. The van der Waals surface area contributed by atoms with Crippen molar-refractivity contribution in [3.8, 4) is 0 Å². The Balaban J connectivity index is 1.55. The molecule has 5 N–H and O–H groups in total. The number of H-pyrrole nitrogens is 1. The van der Waals surface area contributed by atoms with E-state index in [2.05, 4.69) is 37.9 Å². The number of carboxylic acids is 1. The molecule has 0 unspecified atom stereocenters. The number of aryl methyl sites for hydroxylation is 1. The summed E-state index contributed by atoms with van der Waals surface area (Å²) in [5, 5.41) is 27.0. The van der Waals surface area contributed by atoms with Gasteiger partial charge < -0.3 is 25.3 Å². The van der Waals surface area contributed by atoms with E-state index in [1.165, 1.54) is 0 Å². The highest BCUT2D eigenvalue weighted by molar-refractivity contribution is 6.04. The molecular formula is C24H40N6O4. The van der Waals surface area contributed by atoms with Gasteiger partial charge in [0, 0.05) is 31.6 Å². The Morgan fingerprint density at radius 1 is 1.29 bits per heavy atom. The predicted molar refractivity (Wildman–Crippen MR) is 130 cm³/mol. The molecule has 1 fully saturated rings. The van der Waals surface area contributed by atoms with Gasteiger partial charge in [-0.05, 0) is 57.9 Å². The standard InChI is InChI=1S/C24H40N6O4/c1-16(2)21-26-17(3)19(20(31)23(32)33)22(29-28-21)30-13-10-24(4,11-14-30)34-15-7-5-6-8-18-9-12-25-27-18/h9,12,16,20-21,28-29,31H,5-8,10-11,13-15H2,1-4H3,(H,25,27)(H,32,33)/t20-,21-/m0/s1. The van der Waals surface area contributed by atoms with E-state index in [9.17, 15) is 15.0 Å². The molecule has 0 aromatic carbocycles. The number of hydrogen-bond acceptors (Lipinski definition) is 8. The number of carbonyl (C=O) groups is 1. The molecule has 0 radical (unpaired) electrons. The molecule has 0 aliphatic carbocycles. The Bertz CT molecular complexity index is 859. The zero-order chi connectivity index (χ0) is 24.7. The van der Waals surface area contributed by atoms with E-state index in [4.69, 9.17) is 4.74 Å². The number of rotatable bonds is 11. The highest BCUT2D eigenvalue weighted by atomic mass is 16.5. The summed E-state index contributed by atoms with van der Waals surface area (Å²) in [6, 6.07) is 2.01. The number of carboxylic acid groups (broad SMARTS) is 1. The first kappa shape index (κ1) is 26.2. The average molecular weight is 477 g/mol. The first-order valence-corrected chi connectivity index (χ1v) is 12.3. The van der Waals surface area contributed by atoms with Crippen LogP contribution in [0.4, 0.5) is 0 Å². The molecule has 3 heterocycles. The number of aromatic amines is 1. The molecular weight excluding hydrogens is 436 g/mol. The number of hydrogen-bond donors (Lipinski definition) is 5. The van der Waals surface area contributed by atoms with E-state index < -0.39 is 12.1 Å². The third kappa shape index (κ3) is 6.80. The predicted octanol–water partition coefficient (Wildman–Crippen LogP) is 2.20. The smallest absolute Gasteiger partial charge is 0.337 e. The maximum absolute atomic E-state index is 11.6. The SMILES string of the molecule is CC1=N[C@H](C(C)C)NNC(N2CCC(C)(OCCCCCc3cc[nH]n3)CC2)=C1[C@H](O)C(=O)O. The molecule has 1 aromatic heterocycles. The number of aliphatic hydroxyl groups is 1. The molecule has 2 aliphatic heterocycles. The summed E-state index contributed by atoms with van der Waals surface area (Å²) in [6.07, 6.45) is 5.80. The van der Waals surface area contributed by atoms with E-state index in [1.807, 2.05) is 26.1 Å². The summed E-state index contributed by atoms with van der Waals surface area (Å²) in [4.78, 5) is 18.3. The van der Waals surface area contributed by atoms with Crippen LogP contribution in [0.3, 0.4) is 0 Å². The van der Waals surface area contributed by atoms with Crippen molar-refractivity contribution in [3.63, 3.8) is 0 Å². The number of unbranched alkanes of at least 4 members (excludes halogenated alkanes) is 2. The fourth-order valence-electron chi connectivity index (χ4n) is 4.39. The molecule has 1 aromatic rings. The van der Waals surface area contributed by atoms with Crippen molar-refractivity contribution in [2.45, 2.75) is 84.1 Å². The van der Waals surface area contributed by atoms with Crippen molar-refractivity contribution in [1.82, 2.24) is 25.9 Å². The zero-order valence-corrected chi connectivity index (χ0v) is 20.8. The van der Waals surface area contributed by atoms with Crippen molar-refractivity contribution in [3.05, 3.63) is 29.4 Å². The number of hydrazine groups is 1. The fourth-order valence-corrected chi connectivity index (χ4v) is 4.39. The van der Waals surface area contributed by atoms with Gasteiger partial charge in [0.1, 0.15) is 12.0 Å². The maximum atomic E-state index is 11.6. The van der Waals surface area contributed by atoms with Gasteiger partial charge >= 0.3 is 5.97 Å². The number of nitrogens with one attached hydrogen (secondary N) is 3. The molecule has 3 rings (SSSR count). The second-order valence-corrected chi connectivity index (χ2v) is 9.84. The van der Waals surface area contributed by atoms with Gasteiger partial charge in [-0.1, -0.05) is 20.3 Å². The monoisotopic (exact) mass is 476 g/mol. The first-order valence-electron chi connectivity index (χ1n) is 12.3. The van der Waals surface area contributed by atoms with Gasteiger partial charge in [-0.15, -0.1) is 0 Å². The van der Waals surface area contributed by atoms with Crippen LogP contribution in [0.1, 0.15) is 65.5 Å². The average Bonchev–Trinajstić information content (AvgIpc) is 3.25. The number of aliphatic hydroxyl groups excluding tert-OH is 1. The molecule has 190 valence electrons. The third-order valence-electron chi connectivity index (χ3n) is 6.68. The van der Waals surface area contributed by atoms with Gasteiger partial charge in [0.25, 0.3) is 0 Å². The molecule has 34 heavy (non-hydrogen) atoms. The van der Waals surface area contributed by atoms with Crippen LogP contribution in [0.5, 0.6) is 0 Å². The van der Waals surface area contributed by atoms with Crippen molar-refractivity contribution >= 4 is 11.7 Å². The quantitative estimate of drug-likeness (QED) is 0.307. The molecule has 0 amide bonds. The lowest BCUT2D eigenvalue weighted by atomic mass is 9.92. The van der Waals surface area contributed by atoms with Crippen molar-refractivity contribution in [1.29, 1.82) is 0 Å². The highest BCUT2D eigenvalue weighted by Gasteiger charge is 2.36. The van der Waals surface area contributed by atoms with Gasteiger partial charge in [-0.25, -0.2) is 10.2 Å². The Morgan fingerprint density at radius 2 is 2.03 bits per heavy atom. The van der Waals surface area contributed by atoms with Crippen molar-refractivity contribution < 1.29 is 19.7 Å². The van der Waals surface area contributed by atoms with Gasteiger partial charge in [0.05, 0.1) is 16.9 Å². The lowest BCUT2D eigenvalue weighted by Crippen LogP contribution is -2.51. The molecule has 0 spiro atoms. The molecule has 10 nitrogen and oxygen atoms in total. The van der Waals surface area contributed by atoms with Crippen LogP contribution >= 0.6 is 0 Å². The minimum Gasteiger partial charge on any atom is -0.479 e. The van der Waals surface area contributed by atoms with Crippen LogP contribution in [0.15, 0.2) is 28.6 Å². The van der Waals surface area contributed by atoms with E-state index in [0.29, 0.717) is 30.2 Å². The third-order valence-corrected chi connectivity index (χ3v) is 6.68. The Labute approximate surface area is 201 Å². The lowest BCUT2D eigenvalue weighted by molar-refractivity contribution is -0.144. The molecule has 2 atom stereocenters. The second kappa shape index (κ2) is 11.8. The topological polar surface area (TPSA) is 135 Å². The normalized spacial score (nSPS) is 21.8. The summed E-state index contributed by atoms with van der Waals surface area (Å²) >= 11 is 0. The Morgan fingerprint density at radius 3 is 2.65 bits per heavy atom. The largest absolute Gasteiger partial charge is 0.479 e. The molecule has 0 saturated carbocycles. The van der Waals surface area contributed by atoms with Crippen molar-refractivity contribution in [2.24, 2.45) is 10.9 Å². The van der Waals surface area contributed by atoms with Crippen LogP contribution in [0.2, 0.25) is 0 Å². The van der Waals surface area contributed by atoms with E-state index >= 15 is 0 Å². The minimum absolute atomic E-state index is 0.197. The summed E-state index contributed by atoms with van der Waals surface area (Å²) in [5.74, 6) is -0.508. The minimum atomic E-state index is -1.65. The van der Waals surface area contributed by atoms with Crippen LogP contribution in [0.25, 0.3) is 0 Å². The lowest BCUT2D eigenvalue weighted by Gasteiger charge is -2.42. The van der Waals surface area contributed by atoms with Crippen LogP contribution in [0, 0.1) is 5.92 Å². The van der Waals surface area contributed by atoms with Crippen LogP contribution in [-0.2, 0) is 16.0 Å². The maximum Gasteiger partial charge on any atom is 0.337 e. The number of piperidine rings is 1. The number of ether oxygens (including phenoxy) is 1. The van der Waals surface area contributed by atoms with Crippen molar-refractivity contribution in [2.75, 3.05) is 19.7 Å². The van der Waals surface area contributed by atoms with E-state index in [0.717, 1.165) is 50.8 Å². The molecule has 0 bridgehead atoms. The highest BCUT2D eigenvalue weighted by Crippen LogP contribution is 2.29. The number of likely N-dealkylation sites (tertiary alicyclic amines) is 1. The number of aliphatic imine (C=N–C) groups is 1. The molecule has 10 heteroatoms. The number of aromatic nitrogens is 2.